The minimum Gasteiger partial charge on any atom is -0.368 e. The number of halogens is 3. The SMILES string of the molecule is O=C(NC/C=C/CN1CCN(c2cccc(Cl)c2Cl)CC1)c1cccc(I)c1. The van der Waals surface area contributed by atoms with E-state index in [1.807, 2.05) is 48.5 Å². The van der Waals surface area contributed by atoms with Crippen LogP contribution in [-0.4, -0.2) is 50.1 Å². The Morgan fingerprint density at radius 2 is 1.82 bits per heavy atom. The van der Waals surface area contributed by atoms with Crippen LogP contribution >= 0.6 is 45.8 Å². The van der Waals surface area contributed by atoms with Crippen molar-refractivity contribution in [1.82, 2.24) is 10.2 Å². The van der Waals surface area contributed by atoms with Crippen LogP contribution in [0.25, 0.3) is 0 Å². The number of amides is 1. The lowest BCUT2D eigenvalue weighted by Crippen LogP contribution is -2.46. The van der Waals surface area contributed by atoms with Crippen LogP contribution in [-0.2, 0) is 0 Å². The van der Waals surface area contributed by atoms with Crippen molar-refractivity contribution >= 4 is 57.4 Å². The van der Waals surface area contributed by atoms with E-state index in [1.165, 1.54) is 0 Å². The number of hydrogen-bond acceptors (Lipinski definition) is 3. The van der Waals surface area contributed by atoms with E-state index in [1.54, 1.807) is 0 Å². The highest BCUT2D eigenvalue weighted by molar-refractivity contribution is 14.1. The number of nitrogens with one attached hydrogen (secondary N) is 1. The quantitative estimate of drug-likeness (QED) is 0.435. The third-order valence-electron chi connectivity index (χ3n) is 4.64. The molecule has 7 heteroatoms. The van der Waals surface area contributed by atoms with Gasteiger partial charge < -0.3 is 10.2 Å². The molecule has 1 aliphatic heterocycles. The Morgan fingerprint density at radius 3 is 2.57 bits per heavy atom. The lowest BCUT2D eigenvalue weighted by Gasteiger charge is -2.36. The molecule has 0 bridgehead atoms. The molecule has 0 saturated carbocycles. The van der Waals surface area contributed by atoms with E-state index in [0.29, 0.717) is 22.2 Å². The van der Waals surface area contributed by atoms with Gasteiger partial charge in [0.1, 0.15) is 0 Å². The number of benzene rings is 2. The summed E-state index contributed by atoms with van der Waals surface area (Å²) < 4.78 is 1.05. The van der Waals surface area contributed by atoms with Crippen molar-refractivity contribution in [3.8, 4) is 0 Å². The van der Waals surface area contributed by atoms with Gasteiger partial charge in [-0.25, -0.2) is 0 Å². The maximum atomic E-state index is 12.1. The third-order valence-corrected chi connectivity index (χ3v) is 6.12. The summed E-state index contributed by atoms with van der Waals surface area (Å²) >= 11 is 14.7. The van der Waals surface area contributed by atoms with Gasteiger partial charge in [-0.1, -0.05) is 47.5 Å². The lowest BCUT2D eigenvalue weighted by molar-refractivity contribution is 0.0958. The van der Waals surface area contributed by atoms with Gasteiger partial charge in [-0.05, 0) is 52.9 Å². The van der Waals surface area contributed by atoms with E-state index < -0.39 is 0 Å². The van der Waals surface area contributed by atoms with Crippen LogP contribution in [0.15, 0.2) is 54.6 Å². The van der Waals surface area contributed by atoms with Gasteiger partial charge in [0.25, 0.3) is 5.91 Å². The maximum absolute atomic E-state index is 12.1. The zero-order valence-electron chi connectivity index (χ0n) is 15.4. The first kappa shape index (κ1) is 21.4. The van der Waals surface area contributed by atoms with Crippen molar-refractivity contribution in [2.75, 3.05) is 44.2 Å². The summed E-state index contributed by atoms with van der Waals surface area (Å²) in [7, 11) is 0. The fourth-order valence-electron chi connectivity index (χ4n) is 3.10. The molecule has 1 N–H and O–H groups in total. The van der Waals surface area contributed by atoms with E-state index in [-0.39, 0.29) is 5.91 Å². The van der Waals surface area contributed by atoms with E-state index in [0.717, 1.165) is 42.0 Å². The van der Waals surface area contributed by atoms with Gasteiger partial charge in [0.2, 0.25) is 0 Å². The van der Waals surface area contributed by atoms with Crippen molar-refractivity contribution in [1.29, 1.82) is 0 Å². The molecule has 1 fully saturated rings. The van der Waals surface area contributed by atoms with Crippen LogP contribution in [0.3, 0.4) is 0 Å². The number of hydrogen-bond donors (Lipinski definition) is 1. The number of carbonyl (C=O) groups excluding carboxylic acids is 1. The molecule has 2 aromatic rings. The predicted molar refractivity (Wildman–Crippen MR) is 126 cm³/mol. The Kier molecular flexibility index (Phi) is 8.02. The second-order valence-corrected chi connectivity index (χ2v) is 8.58. The highest BCUT2D eigenvalue weighted by Gasteiger charge is 2.18. The Bertz CT molecular complexity index is 851. The highest BCUT2D eigenvalue weighted by atomic mass is 127. The van der Waals surface area contributed by atoms with E-state index in [9.17, 15) is 4.79 Å². The van der Waals surface area contributed by atoms with Crippen LogP contribution in [0.1, 0.15) is 10.4 Å². The van der Waals surface area contributed by atoms with Gasteiger partial charge in [-0.2, -0.15) is 0 Å². The second kappa shape index (κ2) is 10.5. The summed E-state index contributed by atoms with van der Waals surface area (Å²) in [5, 5.41) is 4.14. The third kappa shape index (κ3) is 5.86. The molecule has 0 radical (unpaired) electrons. The van der Waals surface area contributed by atoms with Crippen LogP contribution in [0.2, 0.25) is 10.0 Å². The maximum Gasteiger partial charge on any atom is 0.251 e. The summed E-state index contributed by atoms with van der Waals surface area (Å²) in [6, 6.07) is 13.3. The van der Waals surface area contributed by atoms with Crippen molar-refractivity contribution in [2.24, 2.45) is 0 Å². The predicted octanol–water partition coefficient (Wildman–Crippen LogP) is 4.71. The summed E-state index contributed by atoms with van der Waals surface area (Å²) in [6.45, 7) is 5.15. The summed E-state index contributed by atoms with van der Waals surface area (Å²) in [6.07, 6.45) is 4.11. The average molecular weight is 530 g/mol. The first-order chi connectivity index (χ1) is 13.5. The molecule has 28 heavy (non-hydrogen) atoms. The van der Waals surface area contributed by atoms with Gasteiger partial charge in [-0.3, -0.25) is 9.69 Å². The van der Waals surface area contributed by atoms with Crippen molar-refractivity contribution in [2.45, 2.75) is 0 Å². The molecule has 0 spiro atoms. The first-order valence-corrected chi connectivity index (χ1v) is 11.0. The van der Waals surface area contributed by atoms with Crippen LogP contribution < -0.4 is 10.2 Å². The number of carbonyl (C=O) groups is 1. The van der Waals surface area contributed by atoms with Crippen LogP contribution in [0.5, 0.6) is 0 Å². The van der Waals surface area contributed by atoms with E-state index >= 15 is 0 Å². The highest BCUT2D eigenvalue weighted by Crippen LogP contribution is 2.32. The van der Waals surface area contributed by atoms with Gasteiger partial charge in [0.05, 0.1) is 15.7 Å². The lowest BCUT2D eigenvalue weighted by atomic mass is 10.2. The van der Waals surface area contributed by atoms with E-state index in [4.69, 9.17) is 23.2 Å². The minimum atomic E-state index is -0.0461. The fourth-order valence-corrected chi connectivity index (χ4v) is 4.06. The molecule has 4 nitrogen and oxygen atoms in total. The molecule has 2 aromatic carbocycles. The van der Waals surface area contributed by atoms with Gasteiger partial charge in [-0.15, -0.1) is 0 Å². The zero-order chi connectivity index (χ0) is 19.9. The number of rotatable bonds is 6. The summed E-state index contributed by atoms with van der Waals surface area (Å²) in [4.78, 5) is 16.8. The summed E-state index contributed by atoms with van der Waals surface area (Å²) in [5.74, 6) is -0.0461. The smallest absolute Gasteiger partial charge is 0.251 e. The van der Waals surface area contributed by atoms with Gasteiger partial charge in [0, 0.05) is 48.4 Å². The molecule has 0 aromatic heterocycles. The molecule has 0 unspecified atom stereocenters. The molecule has 3 rings (SSSR count). The Labute approximate surface area is 189 Å². The van der Waals surface area contributed by atoms with Gasteiger partial charge >= 0.3 is 0 Å². The summed E-state index contributed by atoms with van der Waals surface area (Å²) in [5.41, 5.74) is 1.69. The van der Waals surface area contributed by atoms with Crippen molar-refractivity contribution in [3.63, 3.8) is 0 Å². The molecule has 1 saturated heterocycles. The Hall–Kier alpha value is -1.28. The fraction of sp³-hybridized carbons (Fsp3) is 0.286. The monoisotopic (exact) mass is 529 g/mol. The molecular formula is C21H22Cl2IN3O. The van der Waals surface area contributed by atoms with Crippen LogP contribution in [0, 0.1) is 3.57 Å². The molecule has 0 atom stereocenters. The van der Waals surface area contributed by atoms with E-state index in [2.05, 4.69) is 43.8 Å². The Balaban J connectivity index is 1.39. The largest absolute Gasteiger partial charge is 0.368 e. The standard InChI is InChI=1S/C21H22Cl2IN3O/c22-18-7-4-8-19(20(18)23)27-13-11-26(12-14-27)10-2-1-9-25-21(28)16-5-3-6-17(24)15-16/h1-8,15H,9-14H2,(H,25,28)/b2-1+. The number of piperazine rings is 1. The van der Waals surface area contributed by atoms with Crippen LogP contribution in [0.4, 0.5) is 5.69 Å². The molecular weight excluding hydrogens is 508 g/mol. The van der Waals surface area contributed by atoms with Crippen molar-refractivity contribution in [3.05, 3.63) is 73.8 Å². The normalized spacial score (nSPS) is 15.2. The number of anilines is 1. The Morgan fingerprint density at radius 1 is 1.07 bits per heavy atom. The zero-order valence-corrected chi connectivity index (χ0v) is 19.0. The molecule has 1 heterocycles. The van der Waals surface area contributed by atoms with Crippen molar-refractivity contribution < 1.29 is 4.79 Å². The molecule has 148 valence electrons. The molecule has 1 amide bonds. The first-order valence-electron chi connectivity index (χ1n) is 9.14. The van der Waals surface area contributed by atoms with Gasteiger partial charge in [0.15, 0.2) is 0 Å². The number of nitrogens with zero attached hydrogens (tertiary/aromatic N) is 2. The minimum absolute atomic E-state index is 0.0461. The second-order valence-electron chi connectivity index (χ2n) is 6.55. The molecule has 1 aliphatic rings. The topological polar surface area (TPSA) is 35.6 Å². The average Bonchev–Trinajstić information content (AvgIpc) is 2.70. The molecule has 0 aliphatic carbocycles.